The van der Waals surface area contributed by atoms with Crippen LogP contribution < -0.4 is 16.0 Å². The van der Waals surface area contributed by atoms with Crippen LogP contribution in [0.25, 0.3) is 16.5 Å². The quantitative estimate of drug-likeness (QED) is 0.252. The van der Waals surface area contributed by atoms with Crippen molar-refractivity contribution in [3.8, 4) is 0 Å². The molecule has 0 radical (unpaired) electrons. The van der Waals surface area contributed by atoms with E-state index < -0.39 is 0 Å². The lowest BCUT2D eigenvalue weighted by Gasteiger charge is -2.14. The van der Waals surface area contributed by atoms with Crippen LogP contribution in [0, 0.1) is 6.92 Å². The third-order valence-corrected chi connectivity index (χ3v) is 5.99. The highest BCUT2D eigenvalue weighted by molar-refractivity contribution is 9.10. The second-order valence-corrected chi connectivity index (χ2v) is 8.51. The average Bonchev–Trinajstić information content (AvgIpc) is 3.21. The molecule has 4 N–H and O–H groups in total. The molecule has 2 aromatic heterocycles. The topological polar surface area (TPSA) is 77.7 Å². The van der Waals surface area contributed by atoms with Gasteiger partial charge in [-0.3, -0.25) is 0 Å². The number of fused-ring (bicyclic) bond motifs is 1. The minimum atomic E-state index is 0. The molecule has 0 saturated carbocycles. The smallest absolute Gasteiger partial charge is 0.229 e. The first kappa shape index (κ1) is 22.3. The summed E-state index contributed by atoms with van der Waals surface area (Å²) < 4.78 is 0.805. The Kier molecular flexibility index (Phi) is 6.79. The molecule has 0 bridgehead atoms. The zero-order chi connectivity index (χ0) is 21.2. The summed E-state index contributed by atoms with van der Waals surface area (Å²) in [5.41, 5.74) is 6.91. The van der Waals surface area contributed by atoms with Crippen LogP contribution in [0.3, 0.4) is 0 Å². The zero-order valence-electron chi connectivity index (χ0n) is 17.6. The van der Waals surface area contributed by atoms with Crippen molar-refractivity contribution in [2.24, 2.45) is 0 Å². The van der Waals surface area contributed by atoms with Gasteiger partial charge in [0.15, 0.2) is 0 Å². The molecule has 2 aromatic carbocycles. The predicted molar refractivity (Wildman–Crippen MR) is 138 cm³/mol. The number of H-pyrrole nitrogens is 1. The normalized spacial score (nSPS) is 13.4. The van der Waals surface area contributed by atoms with Gasteiger partial charge in [0, 0.05) is 46.8 Å². The van der Waals surface area contributed by atoms with E-state index in [0.717, 1.165) is 40.9 Å². The van der Waals surface area contributed by atoms with E-state index in [4.69, 9.17) is 0 Å². The van der Waals surface area contributed by atoms with E-state index in [-0.39, 0.29) is 12.4 Å². The Morgan fingerprint density at radius 2 is 1.84 bits per heavy atom. The van der Waals surface area contributed by atoms with Gasteiger partial charge >= 0.3 is 0 Å². The van der Waals surface area contributed by atoms with Crippen LogP contribution in [0.5, 0.6) is 0 Å². The van der Waals surface area contributed by atoms with Crippen molar-refractivity contribution in [2.45, 2.75) is 13.3 Å². The van der Waals surface area contributed by atoms with Gasteiger partial charge < -0.3 is 20.9 Å². The molecule has 0 spiro atoms. The van der Waals surface area contributed by atoms with E-state index in [1.54, 1.807) is 6.20 Å². The molecule has 0 fully saturated rings. The third-order valence-electron chi connectivity index (χ3n) is 5.41. The highest BCUT2D eigenvalue weighted by Gasteiger charge is 2.12. The fourth-order valence-electron chi connectivity index (χ4n) is 3.75. The first-order valence-electron chi connectivity index (χ1n) is 10.3. The summed E-state index contributed by atoms with van der Waals surface area (Å²) >= 11 is 3.54. The number of aromatic nitrogens is 3. The summed E-state index contributed by atoms with van der Waals surface area (Å²) in [4.78, 5) is 12.5. The van der Waals surface area contributed by atoms with Crippen molar-refractivity contribution >= 4 is 68.0 Å². The maximum atomic E-state index is 4.66. The molecule has 0 unspecified atom stereocenters. The number of hydrogen-bond donors (Lipinski definition) is 4. The van der Waals surface area contributed by atoms with Gasteiger partial charge in [-0.15, -0.1) is 12.4 Å². The molecular weight excluding hydrogens is 488 g/mol. The first-order chi connectivity index (χ1) is 15.2. The Morgan fingerprint density at radius 3 is 2.62 bits per heavy atom. The van der Waals surface area contributed by atoms with Crippen molar-refractivity contribution in [1.29, 1.82) is 0 Å². The van der Waals surface area contributed by atoms with Crippen molar-refractivity contribution in [2.75, 3.05) is 23.7 Å². The van der Waals surface area contributed by atoms with Crippen LogP contribution in [-0.2, 0) is 0 Å². The lowest BCUT2D eigenvalue weighted by Crippen LogP contribution is -2.19. The predicted octanol–water partition coefficient (Wildman–Crippen LogP) is 6.31. The standard InChI is InChI=1S/C24H23BrN6.ClH/c1-15-2-4-17(5-3-15)29-23-21(25)14-28-24(31-23)30-18-6-7-22-19(12-18)20(13-27-22)16-8-10-26-11-9-16;/h2-8,12-14,26-27H,9-11H2,1H3,(H2,28,29,30,31);1H. The van der Waals surface area contributed by atoms with Gasteiger partial charge in [-0.25, -0.2) is 4.98 Å². The SMILES string of the molecule is Cc1ccc(Nc2nc(Nc3ccc4[nH]cc(C5=CCNCC5)c4c3)ncc2Br)cc1.Cl. The zero-order valence-corrected chi connectivity index (χ0v) is 20.0. The molecule has 0 atom stereocenters. The number of halogens is 2. The Hall–Kier alpha value is -2.87. The molecule has 0 amide bonds. The largest absolute Gasteiger partial charge is 0.361 e. The second-order valence-electron chi connectivity index (χ2n) is 7.65. The van der Waals surface area contributed by atoms with Crippen molar-refractivity contribution in [1.82, 2.24) is 20.3 Å². The molecule has 32 heavy (non-hydrogen) atoms. The Labute approximate surface area is 201 Å². The molecule has 0 saturated heterocycles. The van der Waals surface area contributed by atoms with E-state index in [0.29, 0.717) is 11.8 Å². The summed E-state index contributed by atoms with van der Waals surface area (Å²) in [7, 11) is 0. The van der Waals surface area contributed by atoms with Gasteiger partial charge in [0.1, 0.15) is 5.82 Å². The van der Waals surface area contributed by atoms with Gasteiger partial charge in [-0.2, -0.15) is 4.98 Å². The van der Waals surface area contributed by atoms with E-state index in [9.17, 15) is 0 Å². The highest BCUT2D eigenvalue weighted by Crippen LogP contribution is 2.31. The van der Waals surface area contributed by atoms with Gasteiger partial charge in [-0.05, 0) is 71.7 Å². The summed E-state index contributed by atoms with van der Waals surface area (Å²) in [5.74, 6) is 1.25. The van der Waals surface area contributed by atoms with Crippen LogP contribution >= 0.6 is 28.3 Å². The molecule has 1 aliphatic rings. The Bertz CT molecular complexity index is 1270. The molecule has 5 rings (SSSR count). The number of anilines is 4. The van der Waals surface area contributed by atoms with E-state index in [2.05, 4.69) is 90.3 Å². The number of aromatic amines is 1. The number of aryl methyl sites for hydroxylation is 1. The first-order valence-corrected chi connectivity index (χ1v) is 11.1. The van der Waals surface area contributed by atoms with Crippen LogP contribution in [0.2, 0.25) is 0 Å². The maximum absolute atomic E-state index is 4.66. The average molecular weight is 512 g/mol. The molecule has 8 heteroatoms. The minimum absolute atomic E-state index is 0. The van der Waals surface area contributed by atoms with Crippen molar-refractivity contribution < 1.29 is 0 Å². The summed E-state index contributed by atoms with van der Waals surface area (Å²) in [6, 6.07) is 14.5. The van der Waals surface area contributed by atoms with Crippen LogP contribution in [0.15, 0.2) is 65.4 Å². The van der Waals surface area contributed by atoms with Crippen molar-refractivity contribution in [3.63, 3.8) is 0 Å². The fraction of sp³-hybridized carbons (Fsp3) is 0.167. The molecular formula is C24H24BrClN6. The molecule has 1 aliphatic heterocycles. The van der Waals surface area contributed by atoms with Gasteiger partial charge in [0.05, 0.1) is 4.47 Å². The van der Waals surface area contributed by atoms with E-state index in [1.807, 2.05) is 18.2 Å². The van der Waals surface area contributed by atoms with E-state index >= 15 is 0 Å². The molecule has 3 heterocycles. The van der Waals surface area contributed by atoms with Crippen molar-refractivity contribution in [3.05, 3.63) is 76.5 Å². The summed E-state index contributed by atoms with van der Waals surface area (Å²) in [5, 5.41) is 11.3. The molecule has 164 valence electrons. The maximum Gasteiger partial charge on any atom is 0.229 e. The number of nitrogens with one attached hydrogen (secondary N) is 4. The van der Waals surface area contributed by atoms with Gasteiger partial charge in [0.2, 0.25) is 5.95 Å². The van der Waals surface area contributed by atoms with E-state index in [1.165, 1.54) is 22.1 Å². The van der Waals surface area contributed by atoms with Gasteiger partial charge in [-0.1, -0.05) is 23.8 Å². The lowest BCUT2D eigenvalue weighted by molar-refractivity contribution is 0.739. The highest BCUT2D eigenvalue weighted by atomic mass is 79.9. The van der Waals surface area contributed by atoms with Crippen LogP contribution in [0.1, 0.15) is 17.5 Å². The molecule has 0 aliphatic carbocycles. The summed E-state index contributed by atoms with van der Waals surface area (Å²) in [6.07, 6.45) is 7.17. The second kappa shape index (κ2) is 9.73. The van der Waals surface area contributed by atoms with Crippen LogP contribution in [0.4, 0.5) is 23.1 Å². The molecule has 4 aromatic rings. The van der Waals surface area contributed by atoms with Gasteiger partial charge in [0.25, 0.3) is 0 Å². The number of rotatable bonds is 5. The third kappa shape index (κ3) is 4.80. The Balaban J connectivity index is 0.00000245. The number of hydrogen-bond acceptors (Lipinski definition) is 5. The minimum Gasteiger partial charge on any atom is -0.361 e. The van der Waals surface area contributed by atoms with Crippen LogP contribution in [-0.4, -0.2) is 28.0 Å². The molecule has 6 nitrogen and oxygen atoms in total. The monoisotopic (exact) mass is 510 g/mol. The fourth-order valence-corrected chi connectivity index (χ4v) is 4.04. The number of benzene rings is 2. The Morgan fingerprint density at radius 1 is 1.03 bits per heavy atom. The lowest BCUT2D eigenvalue weighted by atomic mass is 9.99. The summed E-state index contributed by atoms with van der Waals surface area (Å²) in [6.45, 7) is 4.00. The number of nitrogens with zero attached hydrogens (tertiary/aromatic N) is 2.